The van der Waals surface area contributed by atoms with Gasteiger partial charge in [0.1, 0.15) is 17.8 Å². The maximum Gasteiger partial charge on any atom is 0.311 e. The Labute approximate surface area is 225 Å². The molecule has 37 heavy (non-hydrogen) atoms. The Kier molecular flexibility index (Phi) is 20.0. The average molecular weight is 527 g/mol. The van der Waals surface area contributed by atoms with E-state index in [1.54, 1.807) is 20.8 Å². The minimum absolute atomic E-state index is 0.223. The molecule has 3 N–H and O–H groups in total. The van der Waals surface area contributed by atoms with Gasteiger partial charge < -0.3 is 19.8 Å². The van der Waals surface area contributed by atoms with Gasteiger partial charge in [0.2, 0.25) is 0 Å². The highest BCUT2D eigenvalue weighted by Gasteiger charge is 2.38. The standard InChI is InChI=1S/C30H55NO6/c1-5-6-7-8-9-10-11-12-13-14-15-16-17-18-19-20-21-31(22-25(2)28(32)33,23-26(3)29(34)35)24-27(4)30(36)37/h10-11,25-27H,5-9,12-24H2,1-4H3,(H2-,32,33,34,35,36,37)/p+1/b11-10+. The van der Waals surface area contributed by atoms with Gasteiger partial charge in [-0.15, -0.1) is 0 Å². The molecule has 0 spiro atoms. The first-order chi connectivity index (χ1) is 17.5. The summed E-state index contributed by atoms with van der Waals surface area (Å²) in [5.74, 6) is -4.81. The van der Waals surface area contributed by atoms with E-state index in [2.05, 4.69) is 19.1 Å². The van der Waals surface area contributed by atoms with Crippen LogP contribution < -0.4 is 0 Å². The fourth-order valence-corrected chi connectivity index (χ4v) is 5.17. The molecule has 0 saturated heterocycles. The van der Waals surface area contributed by atoms with Crippen molar-refractivity contribution in [3.8, 4) is 0 Å². The van der Waals surface area contributed by atoms with Gasteiger partial charge >= 0.3 is 17.9 Å². The summed E-state index contributed by atoms with van der Waals surface area (Å²) >= 11 is 0. The number of carbonyl (C=O) groups is 3. The van der Waals surface area contributed by atoms with Crippen LogP contribution in [0.25, 0.3) is 0 Å². The SMILES string of the molecule is CCCCCC/C=C/CCCCCCCCCC[N+](CC(C)C(=O)O)(CC(C)C(=O)O)CC(C)C(=O)O. The van der Waals surface area contributed by atoms with E-state index in [-0.39, 0.29) is 24.1 Å². The molecular formula is C30H56NO6+. The monoisotopic (exact) mass is 526 g/mol. The number of aliphatic carboxylic acids is 3. The second kappa shape index (κ2) is 21.1. The van der Waals surface area contributed by atoms with Crippen molar-refractivity contribution in [2.75, 3.05) is 26.2 Å². The van der Waals surface area contributed by atoms with Crippen LogP contribution in [0, 0.1) is 17.8 Å². The van der Waals surface area contributed by atoms with Gasteiger partial charge in [-0.25, -0.2) is 0 Å². The number of quaternary nitrogens is 1. The maximum atomic E-state index is 11.6. The van der Waals surface area contributed by atoms with Crippen molar-refractivity contribution in [2.24, 2.45) is 17.8 Å². The number of allylic oxidation sites excluding steroid dienone is 2. The van der Waals surface area contributed by atoms with Gasteiger partial charge in [0.05, 0.1) is 26.2 Å². The topological polar surface area (TPSA) is 112 Å². The van der Waals surface area contributed by atoms with E-state index in [0.29, 0.717) is 6.54 Å². The molecule has 0 aliphatic rings. The molecule has 0 aliphatic heterocycles. The predicted octanol–water partition coefficient (Wildman–Crippen LogP) is 7.00. The number of hydrogen-bond acceptors (Lipinski definition) is 3. The molecule has 3 unspecified atom stereocenters. The molecule has 3 atom stereocenters. The quantitative estimate of drug-likeness (QED) is 0.0670. The third-order valence-electron chi connectivity index (χ3n) is 7.39. The molecule has 0 saturated carbocycles. The smallest absolute Gasteiger partial charge is 0.311 e. The van der Waals surface area contributed by atoms with Crippen LogP contribution in [0.5, 0.6) is 0 Å². The lowest BCUT2D eigenvalue weighted by atomic mass is 10.00. The van der Waals surface area contributed by atoms with Crippen LogP contribution >= 0.6 is 0 Å². The Morgan fingerprint density at radius 1 is 0.568 bits per heavy atom. The van der Waals surface area contributed by atoms with Crippen molar-refractivity contribution in [2.45, 2.75) is 118 Å². The summed E-state index contributed by atoms with van der Waals surface area (Å²) in [5, 5.41) is 28.5. The third kappa shape index (κ3) is 18.1. The molecule has 0 aromatic heterocycles. The highest BCUT2D eigenvalue weighted by molar-refractivity contribution is 5.70. The largest absolute Gasteiger partial charge is 0.481 e. The number of unbranched alkanes of at least 4 members (excludes halogenated alkanes) is 12. The summed E-state index contributed by atoms with van der Waals surface area (Å²) in [7, 11) is 0. The molecule has 0 amide bonds. The molecule has 216 valence electrons. The van der Waals surface area contributed by atoms with Crippen molar-refractivity contribution in [1.29, 1.82) is 0 Å². The molecule has 7 nitrogen and oxygen atoms in total. The van der Waals surface area contributed by atoms with Crippen LogP contribution in [-0.4, -0.2) is 63.9 Å². The summed E-state index contributed by atoms with van der Waals surface area (Å²) in [5.41, 5.74) is 0. The van der Waals surface area contributed by atoms with Crippen molar-refractivity contribution >= 4 is 17.9 Å². The second-order valence-electron chi connectivity index (χ2n) is 11.3. The first-order valence-electron chi connectivity index (χ1n) is 14.7. The van der Waals surface area contributed by atoms with Crippen molar-refractivity contribution in [1.82, 2.24) is 0 Å². The van der Waals surface area contributed by atoms with Crippen LogP contribution in [0.4, 0.5) is 0 Å². The van der Waals surface area contributed by atoms with Crippen molar-refractivity contribution < 1.29 is 34.2 Å². The first-order valence-corrected chi connectivity index (χ1v) is 14.7. The van der Waals surface area contributed by atoms with E-state index in [1.807, 2.05) is 0 Å². The van der Waals surface area contributed by atoms with Gasteiger partial charge in [0, 0.05) is 0 Å². The summed E-state index contributed by atoms with van der Waals surface area (Å²) in [6.07, 6.45) is 21.4. The van der Waals surface area contributed by atoms with E-state index in [9.17, 15) is 29.7 Å². The van der Waals surface area contributed by atoms with Gasteiger partial charge in [-0.1, -0.05) is 70.4 Å². The zero-order chi connectivity index (χ0) is 28.1. The molecule has 0 aromatic carbocycles. The predicted molar refractivity (Wildman–Crippen MR) is 150 cm³/mol. The van der Waals surface area contributed by atoms with Crippen LogP contribution in [0.2, 0.25) is 0 Å². The van der Waals surface area contributed by atoms with Crippen LogP contribution in [0.1, 0.15) is 118 Å². The summed E-state index contributed by atoms with van der Waals surface area (Å²) < 4.78 is 0.223. The molecule has 0 radical (unpaired) electrons. The number of nitrogens with zero attached hydrogens (tertiary/aromatic N) is 1. The minimum atomic E-state index is -0.934. The lowest BCUT2D eigenvalue weighted by Crippen LogP contribution is -2.57. The lowest BCUT2D eigenvalue weighted by Gasteiger charge is -2.42. The zero-order valence-electron chi connectivity index (χ0n) is 24.1. The minimum Gasteiger partial charge on any atom is -0.481 e. The first kappa shape index (κ1) is 35.1. The third-order valence-corrected chi connectivity index (χ3v) is 7.39. The Balaban J connectivity index is 4.52. The molecule has 0 bridgehead atoms. The normalized spacial score (nSPS) is 15.8. The van der Waals surface area contributed by atoms with E-state index in [0.717, 1.165) is 25.7 Å². The second-order valence-corrected chi connectivity index (χ2v) is 11.3. The van der Waals surface area contributed by atoms with Gasteiger partial charge in [-0.05, 0) is 59.3 Å². The number of carboxylic acids is 3. The number of rotatable bonds is 25. The van der Waals surface area contributed by atoms with Crippen LogP contribution in [-0.2, 0) is 14.4 Å². The molecule has 0 fully saturated rings. The molecule has 0 rings (SSSR count). The van der Waals surface area contributed by atoms with E-state index in [4.69, 9.17) is 0 Å². The number of carboxylic acid groups (broad SMARTS) is 3. The zero-order valence-corrected chi connectivity index (χ0v) is 24.1. The Morgan fingerprint density at radius 2 is 0.892 bits per heavy atom. The summed E-state index contributed by atoms with van der Waals surface area (Å²) in [6, 6.07) is 0. The van der Waals surface area contributed by atoms with Gasteiger partial charge in [-0.3, -0.25) is 14.4 Å². The molecule has 0 aliphatic carbocycles. The van der Waals surface area contributed by atoms with E-state index >= 15 is 0 Å². The fraction of sp³-hybridized carbons (Fsp3) is 0.833. The van der Waals surface area contributed by atoms with Gasteiger partial charge in [0.15, 0.2) is 0 Å². The van der Waals surface area contributed by atoms with E-state index in [1.165, 1.54) is 64.2 Å². The number of hydrogen-bond donors (Lipinski definition) is 3. The van der Waals surface area contributed by atoms with Gasteiger partial charge in [-0.2, -0.15) is 0 Å². The highest BCUT2D eigenvalue weighted by Crippen LogP contribution is 2.22. The Bertz CT molecular complexity index is 607. The van der Waals surface area contributed by atoms with E-state index < -0.39 is 35.7 Å². The van der Waals surface area contributed by atoms with Crippen LogP contribution in [0.15, 0.2) is 12.2 Å². The van der Waals surface area contributed by atoms with Crippen LogP contribution in [0.3, 0.4) is 0 Å². The van der Waals surface area contributed by atoms with Gasteiger partial charge in [0.25, 0.3) is 0 Å². The fourth-order valence-electron chi connectivity index (χ4n) is 5.17. The maximum absolute atomic E-state index is 11.6. The van der Waals surface area contributed by atoms with Crippen molar-refractivity contribution in [3.63, 3.8) is 0 Å². The molecular weight excluding hydrogens is 470 g/mol. The Hall–Kier alpha value is -1.89. The highest BCUT2D eigenvalue weighted by atomic mass is 16.4. The summed E-state index contributed by atoms with van der Waals surface area (Å²) in [6.45, 7) is 8.45. The molecule has 7 heteroatoms. The molecule has 0 heterocycles. The van der Waals surface area contributed by atoms with Crippen molar-refractivity contribution in [3.05, 3.63) is 12.2 Å². The Morgan fingerprint density at radius 3 is 1.24 bits per heavy atom. The average Bonchev–Trinajstić information content (AvgIpc) is 2.83. The molecule has 0 aromatic rings. The lowest BCUT2D eigenvalue weighted by molar-refractivity contribution is -0.934. The summed E-state index contributed by atoms with van der Waals surface area (Å²) in [4.78, 5) is 34.8.